The fraction of sp³-hybridized carbons (Fsp3) is 0.667. The molecule has 0 spiro atoms. The van der Waals surface area contributed by atoms with Crippen molar-refractivity contribution < 1.29 is 19.5 Å². The number of Topliss-reactive ketones (excluding diaryl/α,β-unsaturated/α-hetero) is 1. The van der Waals surface area contributed by atoms with E-state index < -0.39 is 6.10 Å². The van der Waals surface area contributed by atoms with E-state index in [0.29, 0.717) is 6.42 Å². The van der Waals surface area contributed by atoms with Crippen LogP contribution in [0.5, 0.6) is 0 Å². The van der Waals surface area contributed by atoms with Crippen LogP contribution < -0.4 is 0 Å². The molecule has 1 aliphatic heterocycles. The number of hydrogen-bond acceptors (Lipinski definition) is 5. The van der Waals surface area contributed by atoms with Crippen molar-refractivity contribution in [3.63, 3.8) is 0 Å². The van der Waals surface area contributed by atoms with Crippen molar-refractivity contribution in [3.8, 4) is 0 Å². The number of carbonyl (C=O) groups excluding carboxylic acids is 3. The van der Waals surface area contributed by atoms with Crippen LogP contribution in [-0.2, 0) is 14.4 Å². The normalized spacial score (nSPS) is 17.9. The van der Waals surface area contributed by atoms with E-state index in [4.69, 9.17) is 12.2 Å². The second-order valence-electron chi connectivity index (χ2n) is 4.64. The Morgan fingerprint density at radius 2 is 1.84 bits per heavy atom. The van der Waals surface area contributed by atoms with Crippen molar-refractivity contribution in [2.24, 2.45) is 0 Å². The van der Waals surface area contributed by atoms with Crippen LogP contribution in [0.1, 0.15) is 33.1 Å². The summed E-state index contributed by atoms with van der Waals surface area (Å²) in [6, 6.07) is 0. The highest BCUT2D eigenvalue weighted by molar-refractivity contribution is 7.80. The molecule has 1 heterocycles. The van der Waals surface area contributed by atoms with E-state index in [1.165, 1.54) is 16.7 Å². The molecule has 0 aliphatic carbocycles. The third kappa shape index (κ3) is 4.36. The Balaban J connectivity index is 2.72. The highest BCUT2D eigenvalue weighted by Crippen LogP contribution is 2.14. The van der Waals surface area contributed by atoms with Crippen molar-refractivity contribution in [2.45, 2.75) is 39.2 Å². The van der Waals surface area contributed by atoms with Crippen LogP contribution in [0.4, 0.5) is 0 Å². The lowest BCUT2D eigenvalue weighted by Gasteiger charge is -2.35. The Morgan fingerprint density at radius 1 is 1.32 bits per heavy atom. The minimum atomic E-state index is -0.543. The van der Waals surface area contributed by atoms with Crippen molar-refractivity contribution in [2.75, 3.05) is 13.1 Å². The first-order chi connectivity index (χ1) is 8.82. The number of ketones is 1. The quantitative estimate of drug-likeness (QED) is 0.553. The molecular formula is C12H18N2O4S. The van der Waals surface area contributed by atoms with E-state index in [1.807, 2.05) is 0 Å². The fourth-order valence-electron chi connectivity index (χ4n) is 1.71. The third-order valence-electron chi connectivity index (χ3n) is 2.82. The molecule has 0 aromatic rings. The maximum absolute atomic E-state index is 11.8. The molecule has 1 unspecified atom stereocenters. The van der Waals surface area contributed by atoms with Crippen LogP contribution in [0.3, 0.4) is 0 Å². The van der Waals surface area contributed by atoms with Gasteiger partial charge in [0.15, 0.2) is 5.11 Å². The van der Waals surface area contributed by atoms with Gasteiger partial charge >= 0.3 is 0 Å². The number of aliphatic hydroxyl groups excluding tert-OH is 1. The Labute approximate surface area is 117 Å². The largest absolute Gasteiger partial charge is 0.393 e. The summed E-state index contributed by atoms with van der Waals surface area (Å²) in [5, 5.41) is 9.37. The smallest absolute Gasteiger partial charge is 0.238 e. The zero-order chi connectivity index (χ0) is 14.6. The lowest BCUT2D eigenvalue weighted by atomic mass is 10.2. The first kappa shape index (κ1) is 15.7. The summed E-state index contributed by atoms with van der Waals surface area (Å²) in [7, 11) is 0. The van der Waals surface area contributed by atoms with Gasteiger partial charge in [-0.05, 0) is 32.5 Å². The zero-order valence-corrected chi connectivity index (χ0v) is 11.9. The van der Waals surface area contributed by atoms with Gasteiger partial charge in [-0.2, -0.15) is 0 Å². The van der Waals surface area contributed by atoms with Gasteiger partial charge in [-0.3, -0.25) is 24.2 Å². The summed E-state index contributed by atoms with van der Waals surface area (Å²) >= 11 is 5.12. The topological polar surface area (TPSA) is 77.9 Å². The minimum absolute atomic E-state index is 0.0389. The lowest BCUT2D eigenvalue weighted by molar-refractivity contribution is -0.140. The molecule has 19 heavy (non-hydrogen) atoms. The van der Waals surface area contributed by atoms with E-state index in [9.17, 15) is 19.5 Å². The number of nitrogens with zero attached hydrogens (tertiary/aromatic N) is 2. The third-order valence-corrected chi connectivity index (χ3v) is 3.27. The van der Waals surface area contributed by atoms with Crippen LogP contribution >= 0.6 is 12.2 Å². The molecule has 106 valence electrons. The number of thiocarbonyl (C=S) groups is 1. The number of amides is 2. The van der Waals surface area contributed by atoms with Gasteiger partial charge in [0.05, 0.1) is 6.10 Å². The molecule has 6 nitrogen and oxygen atoms in total. The molecule has 1 fully saturated rings. The van der Waals surface area contributed by atoms with Crippen LogP contribution in [0.2, 0.25) is 0 Å². The van der Waals surface area contributed by atoms with Gasteiger partial charge in [0.1, 0.15) is 12.2 Å². The minimum Gasteiger partial charge on any atom is -0.393 e. The van der Waals surface area contributed by atoms with E-state index in [0.717, 1.165) is 0 Å². The molecule has 1 atom stereocenters. The number of rotatable bonds is 6. The summed E-state index contributed by atoms with van der Waals surface area (Å²) in [6.45, 7) is 3.54. The molecule has 0 aromatic heterocycles. The maximum Gasteiger partial charge on any atom is 0.238 e. The summed E-state index contributed by atoms with van der Waals surface area (Å²) in [5.41, 5.74) is 0. The highest BCUT2D eigenvalue weighted by atomic mass is 32.1. The van der Waals surface area contributed by atoms with E-state index >= 15 is 0 Å². The Kier molecular flexibility index (Phi) is 5.56. The average Bonchev–Trinajstić information content (AvgIpc) is 2.27. The molecule has 1 saturated heterocycles. The summed E-state index contributed by atoms with van der Waals surface area (Å²) in [5.74, 6) is -0.762. The number of aliphatic hydroxyl groups is 1. The van der Waals surface area contributed by atoms with E-state index in [2.05, 4.69) is 0 Å². The second-order valence-corrected chi connectivity index (χ2v) is 5.00. The van der Waals surface area contributed by atoms with Gasteiger partial charge in [-0.25, -0.2) is 0 Å². The van der Waals surface area contributed by atoms with Gasteiger partial charge in [0.2, 0.25) is 11.8 Å². The maximum atomic E-state index is 11.8. The molecular weight excluding hydrogens is 268 g/mol. The van der Waals surface area contributed by atoms with Gasteiger partial charge in [-0.15, -0.1) is 0 Å². The van der Waals surface area contributed by atoms with Crippen molar-refractivity contribution in [1.82, 2.24) is 9.80 Å². The monoisotopic (exact) mass is 286 g/mol. The Hall–Kier alpha value is -1.34. The molecule has 0 saturated carbocycles. The van der Waals surface area contributed by atoms with Crippen LogP contribution in [-0.4, -0.2) is 56.8 Å². The molecule has 2 amide bonds. The predicted molar refractivity (Wildman–Crippen MR) is 72.2 cm³/mol. The summed E-state index contributed by atoms with van der Waals surface area (Å²) < 4.78 is 0. The molecule has 1 rings (SSSR count). The van der Waals surface area contributed by atoms with Crippen LogP contribution in [0.15, 0.2) is 0 Å². The van der Waals surface area contributed by atoms with E-state index in [1.54, 1.807) is 6.92 Å². The average molecular weight is 286 g/mol. The Morgan fingerprint density at radius 3 is 2.32 bits per heavy atom. The lowest BCUT2D eigenvalue weighted by Crippen LogP contribution is -2.55. The van der Waals surface area contributed by atoms with Gasteiger partial charge < -0.3 is 5.11 Å². The summed E-state index contributed by atoms with van der Waals surface area (Å²) in [6.07, 6.45) is -0.179. The van der Waals surface area contributed by atoms with Crippen LogP contribution in [0.25, 0.3) is 0 Å². The molecule has 1 N–H and O–H groups in total. The molecule has 1 aliphatic rings. The zero-order valence-electron chi connectivity index (χ0n) is 11.1. The van der Waals surface area contributed by atoms with Crippen molar-refractivity contribution in [1.29, 1.82) is 0 Å². The Bertz CT molecular complexity index is 409. The van der Waals surface area contributed by atoms with Gasteiger partial charge in [0, 0.05) is 19.5 Å². The fourth-order valence-corrected chi connectivity index (χ4v) is 2.09. The predicted octanol–water partition coefficient (Wildman–Crippen LogP) is 0.0822. The molecule has 0 aromatic carbocycles. The highest BCUT2D eigenvalue weighted by Gasteiger charge is 2.34. The summed E-state index contributed by atoms with van der Waals surface area (Å²) in [4.78, 5) is 37.1. The van der Waals surface area contributed by atoms with Crippen LogP contribution in [0, 0.1) is 0 Å². The standard InChI is InChI=1S/C12H18N2O4S/c1-8(15)3-5-13-10(17)7-11(18)14(12(13)19)6-4-9(2)16/h8,15H,3-7H2,1-2H3. The number of carbonyl (C=O) groups is 3. The van der Waals surface area contributed by atoms with Crippen molar-refractivity contribution in [3.05, 3.63) is 0 Å². The molecule has 7 heteroatoms. The first-order valence-electron chi connectivity index (χ1n) is 6.15. The first-order valence-corrected chi connectivity index (χ1v) is 6.56. The van der Waals surface area contributed by atoms with Crippen molar-refractivity contribution >= 4 is 34.9 Å². The van der Waals surface area contributed by atoms with E-state index in [-0.39, 0.29) is 48.6 Å². The number of hydrogen-bond donors (Lipinski definition) is 1. The molecule has 0 radical (unpaired) electrons. The van der Waals surface area contributed by atoms with Gasteiger partial charge in [0.25, 0.3) is 0 Å². The SMILES string of the molecule is CC(=O)CCN1C(=O)CC(=O)N(CCC(C)O)C1=S. The molecule has 0 bridgehead atoms. The van der Waals surface area contributed by atoms with Gasteiger partial charge in [-0.1, -0.05) is 0 Å². The second kappa shape index (κ2) is 6.72.